The summed E-state index contributed by atoms with van der Waals surface area (Å²) < 4.78 is 1.67. The topological polar surface area (TPSA) is 75.5 Å². The van der Waals surface area contributed by atoms with E-state index in [1.807, 2.05) is 32.0 Å². The third-order valence-corrected chi connectivity index (χ3v) is 5.86. The van der Waals surface area contributed by atoms with Crippen molar-refractivity contribution in [3.05, 3.63) is 52.2 Å². The first-order valence-corrected chi connectivity index (χ1v) is 10.1. The zero-order valence-corrected chi connectivity index (χ0v) is 16.2. The molecule has 2 amide bonds. The normalized spacial score (nSPS) is 13.6. The van der Waals surface area contributed by atoms with Gasteiger partial charge in [-0.2, -0.15) is 5.10 Å². The van der Waals surface area contributed by atoms with Crippen molar-refractivity contribution >= 4 is 33.7 Å². The van der Waals surface area contributed by atoms with Crippen molar-refractivity contribution in [2.75, 3.05) is 5.32 Å². The van der Waals surface area contributed by atoms with Gasteiger partial charge in [-0.15, -0.1) is 11.3 Å². The summed E-state index contributed by atoms with van der Waals surface area (Å²) in [6.45, 7) is 3.87. The van der Waals surface area contributed by atoms with Crippen LogP contribution in [-0.2, 0) is 12.8 Å². The maximum atomic E-state index is 12.8. The lowest BCUT2D eigenvalue weighted by molar-refractivity contribution is 0.0943. The minimum absolute atomic E-state index is 0.0404. The summed E-state index contributed by atoms with van der Waals surface area (Å²) in [5.41, 5.74) is 2.91. The zero-order chi connectivity index (χ0) is 19.0. The molecule has 7 heteroatoms. The van der Waals surface area contributed by atoms with E-state index in [9.17, 15) is 9.59 Å². The van der Waals surface area contributed by atoms with Gasteiger partial charge in [-0.05, 0) is 63.3 Å². The molecule has 0 atom stereocenters. The summed E-state index contributed by atoms with van der Waals surface area (Å²) >= 11 is 1.52. The van der Waals surface area contributed by atoms with Crippen LogP contribution in [0.15, 0.2) is 30.5 Å². The summed E-state index contributed by atoms with van der Waals surface area (Å²) in [5.74, 6) is -0.411. The number of rotatable bonds is 4. The Kier molecular flexibility index (Phi) is 4.70. The fourth-order valence-electron chi connectivity index (χ4n) is 3.44. The van der Waals surface area contributed by atoms with Crippen LogP contribution in [0.2, 0.25) is 0 Å². The average molecular weight is 382 g/mol. The lowest BCUT2D eigenvalue weighted by Crippen LogP contribution is -2.31. The van der Waals surface area contributed by atoms with Gasteiger partial charge >= 0.3 is 0 Å². The largest absolute Gasteiger partial charge is 0.350 e. The van der Waals surface area contributed by atoms with Crippen molar-refractivity contribution in [1.82, 2.24) is 14.9 Å². The molecule has 3 heterocycles. The zero-order valence-electron chi connectivity index (χ0n) is 15.4. The molecule has 3 aromatic heterocycles. The van der Waals surface area contributed by atoms with Crippen LogP contribution in [0.5, 0.6) is 0 Å². The van der Waals surface area contributed by atoms with Crippen LogP contribution in [0, 0.1) is 0 Å². The standard InChI is InChI=1S/C20H22N4O2S/c1-12(2)21-19(26)17-14-8-3-4-9-16(14)27-20(17)22-18(25)15-11-13-7-5-6-10-24(13)23-15/h5-7,10-12H,3-4,8-9H2,1-2H3,(H,21,26)(H,22,25). The molecule has 6 nitrogen and oxygen atoms in total. The first-order chi connectivity index (χ1) is 13.0. The number of pyridine rings is 1. The van der Waals surface area contributed by atoms with E-state index in [1.165, 1.54) is 16.2 Å². The summed E-state index contributed by atoms with van der Waals surface area (Å²) in [6, 6.07) is 7.45. The lowest BCUT2D eigenvalue weighted by Gasteiger charge is -2.14. The van der Waals surface area contributed by atoms with Crippen molar-refractivity contribution in [3.8, 4) is 0 Å². The third-order valence-electron chi connectivity index (χ3n) is 4.65. The van der Waals surface area contributed by atoms with E-state index in [2.05, 4.69) is 15.7 Å². The van der Waals surface area contributed by atoms with Crippen molar-refractivity contribution < 1.29 is 9.59 Å². The number of anilines is 1. The van der Waals surface area contributed by atoms with Crippen molar-refractivity contribution in [1.29, 1.82) is 0 Å². The molecule has 1 aliphatic rings. The maximum Gasteiger partial charge on any atom is 0.276 e. The molecular formula is C20H22N4O2S. The molecule has 3 aromatic rings. The highest BCUT2D eigenvalue weighted by molar-refractivity contribution is 7.17. The van der Waals surface area contributed by atoms with Gasteiger partial charge in [-0.1, -0.05) is 6.07 Å². The van der Waals surface area contributed by atoms with E-state index in [0.717, 1.165) is 36.8 Å². The Balaban J connectivity index is 1.67. The summed E-state index contributed by atoms with van der Waals surface area (Å²) in [4.78, 5) is 26.8. The van der Waals surface area contributed by atoms with E-state index in [1.54, 1.807) is 16.8 Å². The SMILES string of the molecule is CC(C)NC(=O)c1c(NC(=O)c2cc3ccccn3n2)sc2c1CCCC2. The molecule has 0 spiro atoms. The Morgan fingerprint density at radius 2 is 2.00 bits per heavy atom. The van der Waals surface area contributed by atoms with E-state index in [0.29, 0.717) is 16.3 Å². The van der Waals surface area contributed by atoms with Gasteiger partial charge < -0.3 is 10.6 Å². The highest BCUT2D eigenvalue weighted by Crippen LogP contribution is 2.38. The molecule has 4 rings (SSSR count). The van der Waals surface area contributed by atoms with E-state index < -0.39 is 0 Å². The number of thiophene rings is 1. The van der Waals surface area contributed by atoms with Gasteiger partial charge in [0.25, 0.3) is 11.8 Å². The first-order valence-electron chi connectivity index (χ1n) is 9.24. The van der Waals surface area contributed by atoms with Gasteiger partial charge in [0.05, 0.1) is 11.1 Å². The van der Waals surface area contributed by atoms with Crippen molar-refractivity contribution in [2.45, 2.75) is 45.6 Å². The molecule has 0 aliphatic heterocycles. The van der Waals surface area contributed by atoms with Gasteiger partial charge in [-0.3, -0.25) is 9.59 Å². The molecule has 1 aliphatic carbocycles. The fourth-order valence-corrected chi connectivity index (χ4v) is 4.73. The second-order valence-corrected chi connectivity index (χ2v) is 8.20. The average Bonchev–Trinajstić information content (AvgIpc) is 3.22. The number of aryl methyl sites for hydroxylation is 1. The molecule has 0 saturated carbocycles. The lowest BCUT2D eigenvalue weighted by atomic mass is 9.95. The van der Waals surface area contributed by atoms with Crippen LogP contribution in [0.4, 0.5) is 5.00 Å². The van der Waals surface area contributed by atoms with Crippen LogP contribution in [0.3, 0.4) is 0 Å². The number of nitrogens with one attached hydrogen (secondary N) is 2. The van der Waals surface area contributed by atoms with Gasteiger partial charge in [0.2, 0.25) is 0 Å². The molecule has 27 heavy (non-hydrogen) atoms. The smallest absolute Gasteiger partial charge is 0.276 e. The Hall–Kier alpha value is -2.67. The van der Waals surface area contributed by atoms with Crippen molar-refractivity contribution in [3.63, 3.8) is 0 Å². The van der Waals surface area contributed by atoms with Gasteiger partial charge in [0, 0.05) is 17.1 Å². The van der Waals surface area contributed by atoms with Crippen LogP contribution in [-0.4, -0.2) is 27.5 Å². The highest BCUT2D eigenvalue weighted by Gasteiger charge is 2.27. The Morgan fingerprint density at radius 3 is 2.78 bits per heavy atom. The molecule has 0 bridgehead atoms. The van der Waals surface area contributed by atoms with Gasteiger partial charge in [0.15, 0.2) is 5.69 Å². The predicted molar refractivity (Wildman–Crippen MR) is 107 cm³/mol. The highest BCUT2D eigenvalue weighted by atomic mass is 32.1. The quantitative estimate of drug-likeness (QED) is 0.723. The number of amides is 2. The summed E-state index contributed by atoms with van der Waals surface area (Å²) in [5, 5.41) is 10.9. The molecule has 140 valence electrons. The molecule has 0 radical (unpaired) electrons. The van der Waals surface area contributed by atoms with Crippen LogP contribution < -0.4 is 10.6 Å². The molecule has 0 unspecified atom stereocenters. The molecule has 0 fully saturated rings. The maximum absolute atomic E-state index is 12.8. The minimum Gasteiger partial charge on any atom is -0.350 e. The van der Waals surface area contributed by atoms with Crippen molar-refractivity contribution in [2.24, 2.45) is 0 Å². The van der Waals surface area contributed by atoms with Crippen LogP contribution in [0.1, 0.15) is 58.0 Å². The number of carbonyl (C=O) groups is 2. The van der Waals surface area contributed by atoms with Crippen LogP contribution >= 0.6 is 11.3 Å². The molecule has 2 N–H and O–H groups in total. The van der Waals surface area contributed by atoms with Gasteiger partial charge in [0.1, 0.15) is 5.00 Å². The Morgan fingerprint density at radius 1 is 1.19 bits per heavy atom. The fraction of sp³-hybridized carbons (Fsp3) is 0.350. The number of aromatic nitrogens is 2. The monoisotopic (exact) mass is 382 g/mol. The second-order valence-electron chi connectivity index (χ2n) is 7.10. The molecular weight excluding hydrogens is 360 g/mol. The summed E-state index contributed by atoms with van der Waals surface area (Å²) in [7, 11) is 0. The third kappa shape index (κ3) is 3.47. The second kappa shape index (κ2) is 7.15. The predicted octanol–water partition coefficient (Wildman–Crippen LogP) is 3.67. The van der Waals surface area contributed by atoms with E-state index in [-0.39, 0.29) is 17.9 Å². The number of carbonyl (C=O) groups excluding carboxylic acids is 2. The van der Waals surface area contributed by atoms with Crippen LogP contribution in [0.25, 0.3) is 5.52 Å². The molecule has 0 saturated heterocycles. The first kappa shape index (κ1) is 17.7. The number of fused-ring (bicyclic) bond motifs is 2. The summed E-state index contributed by atoms with van der Waals surface area (Å²) in [6.07, 6.45) is 5.85. The van der Waals surface area contributed by atoms with E-state index in [4.69, 9.17) is 0 Å². The van der Waals surface area contributed by atoms with Gasteiger partial charge in [-0.25, -0.2) is 4.52 Å². The molecule has 0 aromatic carbocycles. The number of hydrogen-bond donors (Lipinski definition) is 2. The van der Waals surface area contributed by atoms with E-state index >= 15 is 0 Å². The number of hydrogen-bond acceptors (Lipinski definition) is 4. The Bertz CT molecular complexity index is 985. The number of nitrogens with zero attached hydrogens (tertiary/aromatic N) is 2. The minimum atomic E-state index is -0.295. The Labute approximate surface area is 161 Å².